The number of nitrogens with zero attached hydrogens (tertiary/aromatic N) is 1. The van der Waals surface area contributed by atoms with Crippen molar-refractivity contribution in [2.45, 2.75) is 6.92 Å². The Morgan fingerprint density at radius 1 is 1.07 bits per heavy atom. The van der Waals surface area contributed by atoms with Gasteiger partial charge in [-0.1, -0.05) is 24.3 Å². The Bertz CT molecular complexity index is 1020. The van der Waals surface area contributed by atoms with Gasteiger partial charge in [0.2, 0.25) is 11.8 Å². The molecule has 2 N–H and O–H groups in total. The van der Waals surface area contributed by atoms with Crippen molar-refractivity contribution in [2.24, 2.45) is 0 Å². The average molecular weight is 361 g/mol. The van der Waals surface area contributed by atoms with E-state index in [0.717, 1.165) is 16.5 Å². The zero-order valence-corrected chi connectivity index (χ0v) is 15.0. The number of aromatic nitrogens is 1. The number of hydrogen-bond donors (Lipinski definition) is 2. The first-order valence-electron chi connectivity index (χ1n) is 8.35. The summed E-state index contributed by atoms with van der Waals surface area (Å²) in [6.07, 6.45) is 4.88. The van der Waals surface area contributed by atoms with Gasteiger partial charge in [-0.2, -0.15) is 0 Å². The molecule has 6 nitrogen and oxygen atoms in total. The van der Waals surface area contributed by atoms with Crippen molar-refractivity contribution in [2.75, 3.05) is 17.7 Å². The van der Waals surface area contributed by atoms with Crippen LogP contribution in [-0.2, 0) is 9.59 Å². The molecular formula is C21H19N3O3. The number of nitrogens with one attached hydrogen (secondary N) is 2. The van der Waals surface area contributed by atoms with Gasteiger partial charge in [-0.25, -0.2) is 0 Å². The van der Waals surface area contributed by atoms with Gasteiger partial charge >= 0.3 is 0 Å². The summed E-state index contributed by atoms with van der Waals surface area (Å²) in [6, 6.07) is 14.7. The minimum Gasteiger partial charge on any atom is -0.495 e. The van der Waals surface area contributed by atoms with Gasteiger partial charge in [-0.3, -0.25) is 14.6 Å². The van der Waals surface area contributed by atoms with E-state index in [9.17, 15) is 9.59 Å². The Morgan fingerprint density at radius 3 is 2.67 bits per heavy atom. The fraction of sp³-hybridized carbons (Fsp3) is 0.0952. The number of carbonyl (C=O) groups excluding carboxylic acids is 2. The predicted octanol–water partition coefficient (Wildman–Crippen LogP) is 3.85. The third-order valence-electron chi connectivity index (χ3n) is 3.86. The molecule has 0 unspecified atom stereocenters. The molecule has 0 fully saturated rings. The summed E-state index contributed by atoms with van der Waals surface area (Å²) in [4.78, 5) is 27.9. The molecule has 1 heterocycles. The number of anilines is 2. The SMILES string of the molecule is COc1ccc(NC(C)=O)cc1NC(=O)/C=C/c1cccc2cccnc12. The van der Waals surface area contributed by atoms with Gasteiger partial charge in [-0.05, 0) is 30.3 Å². The van der Waals surface area contributed by atoms with Crippen molar-refractivity contribution >= 4 is 40.2 Å². The van der Waals surface area contributed by atoms with Crippen LogP contribution >= 0.6 is 0 Å². The van der Waals surface area contributed by atoms with Crippen LogP contribution in [0.25, 0.3) is 17.0 Å². The maximum Gasteiger partial charge on any atom is 0.248 e. The van der Waals surface area contributed by atoms with Crippen LogP contribution in [0.3, 0.4) is 0 Å². The zero-order valence-electron chi connectivity index (χ0n) is 15.0. The molecule has 1 aromatic heterocycles. The van der Waals surface area contributed by atoms with E-state index in [0.29, 0.717) is 17.1 Å². The molecule has 2 amide bonds. The van der Waals surface area contributed by atoms with E-state index in [-0.39, 0.29) is 11.8 Å². The molecular weight excluding hydrogens is 342 g/mol. The van der Waals surface area contributed by atoms with Gasteiger partial charge in [0.25, 0.3) is 0 Å². The highest BCUT2D eigenvalue weighted by Gasteiger charge is 2.08. The highest BCUT2D eigenvalue weighted by Crippen LogP contribution is 2.28. The first kappa shape index (κ1) is 18.1. The zero-order chi connectivity index (χ0) is 19.2. The van der Waals surface area contributed by atoms with E-state index in [1.54, 1.807) is 30.5 Å². The predicted molar refractivity (Wildman–Crippen MR) is 107 cm³/mol. The smallest absolute Gasteiger partial charge is 0.248 e. The van der Waals surface area contributed by atoms with E-state index < -0.39 is 0 Å². The summed E-state index contributed by atoms with van der Waals surface area (Å²) in [6.45, 7) is 1.42. The summed E-state index contributed by atoms with van der Waals surface area (Å²) in [5.74, 6) is -0.0142. The fourth-order valence-corrected chi connectivity index (χ4v) is 2.69. The lowest BCUT2D eigenvalue weighted by molar-refractivity contribution is -0.114. The molecule has 0 radical (unpaired) electrons. The van der Waals surface area contributed by atoms with E-state index in [4.69, 9.17) is 4.74 Å². The van der Waals surface area contributed by atoms with Gasteiger partial charge in [-0.15, -0.1) is 0 Å². The van der Waals surface area contributed by atoms with Gasteiger partial charge in [0.1, 0.15) is 5.75 Å². The molecule has 3 aromatic rings. The molecule has 0 aliphatic carbocycles. The normalized spacial score (nSPS) is 10.7. The van der Waals surface area contributed by atoms with E-state index >= 15 is 0 Å². The third kappa shape index (κ3) is 4.49. The number of amides is 2. The maximum atomic E-state index is 12.4. The minimum atomic E-state index is -0.318. The second-order valence-corrected chi connectivity index (χ2v) is 5.84. The molecule has 136 valence electrons. The first-order valence-corrected chi connectivity index (χ1v) is 8.35. The van der Waals surface area contributed by atoms with Crippen molar-refractivity contribution in [3.63, 3.8) is 0 Å². The summed E-state index contributed by atoms with van der Waals surface area (Å²) in [5, 5.41) is 6.45. The Morgan fingerprint density at radius 2 is 1.89 bits per heavy atom. The number of para-hydroxylation sites is 1. The van der Waals surface area contributed by atoms with Gasteiger partial charge in [0.15, 0.2) is 0 Å². The lowest BCUT2D eigenvalue weighted by atomic mass is 10.1. The van der Waals surface area contributed by atoms with Crippen LogP contribution in [0, 0.1) is 0 Å². The number of pyridine rings is 1. The van der Waals surface area contributed by atoms with Gasteiger partial charge < -0.3 is 15.4 Å². The number of carbonyl (C=O) groups is 2. The molecule has 2 aromatic carbocycles. The van der Waals surface area contributed by atoms with Crippen LogP contribution in [0.4, 0.5) is 11.4 Å². The van der Waals surface area contributed by atoms with Crippen LogP contribution in [0.15, 0.2) is 60.8 Å². The Kier molecular flexibility index (Phi) is 5.47. The lowest BCUT2D eigenvalue weighted by Crippen LogP contribution is -2.10. The standard InChI is InChI=1S/C21H19N3O3/c1-14(25)23-17-9-10-19(27-2)18(13-17)24-20(26)11-8-16-6-3-5-15-7-4-12-22-21(15)16/h3-13H,1-2H3,(H,23,25)(H,24,26)/b11-8+. The summed E-state index contributed by atoms with van der Waals surface area (Å²) in [5.41, 5.74) is 2.71. The topological polar surface area (TPSA) is 80.3 Å². The van der Waals surface area contributed by atoms with Crippen molar-refractivity contribution < 1.29 is 14.3 Å². The molecule has 0 aliphatic heterocycles. The molecule has 0 saturated carbocycles. The number of benzene rings is 2. The van der Waals surface area contributed by atoms with Gasteiger partial charge in [0, 0.05) is 35.8 Å². The van der Waals surface area contributed by atoms with Crippen LogP contribution in [0.5, 0.6) is 5.75 Å². The van der Waals surface area contributed by atoms with Crippen molar-refractivity contribution in [1.82, 2.24) is 4.98 Å². The molecule has 27 heavy (non-hydrogen) atoms. The molecule has 0 atom stereocenters. The number of fused-ring (bicyclic) bond motifs is 1. The summed E-state index contributed by atoms with van der Waals surface area (Å²) in [7, 11) is 1.51. The lowest BCUT2D eigenvalue weighted by Gasteiger charge is -2.11. The van der Waals surface area contributed by atoms with Crippen LogP contribution in [0.1, 0.15) is 12.5 Å². The largest absolute Gasteiger partial charge is 0.495 e. The van der Waals surface area contributed by atoms with E-state index in [1.807, 2.05) is 30.3 Å². The molecule has 0 saturated heterocycles. The van der Waals surface area contributed by atoms with Crippen LogP contribution < -0.4 is 15.4 Å². The molecule has 0 bridgehead atoms. The monoisotopic (exact) mass is 361 g/mol. The second-order valence-electron chi connectivity index (χ2n) is 5.84. The minimum absolute atomic E-state index is 0.194. The second kappa shape index (κ2) is 8.14. The Balaban J connectivity index is 1.80. The fourth-order valence-electron chi connectivity index (χ4n) is 2.69. The molecule has 3 rings (SSSR count). The van der Waals surface area contributed by atoms with Crippen molar-refractivity contribution in [1.29, 1.82) is 0 Å². The average Bonchev–Trinajstić information content (AvgIpc) is 2.66. The number of hydrogen-bond acceptors (Lipinski definition) is 4. The van der Waals surface area contributed by atoms with Crippen LogP contribution in [-0.4, -0.2) is 23.9 Å². The molecule has 0 spiro atoms. The van der Waals surface area contributed by atoms with Crippen molar-refractivity contribution in [3.05, 3.63) is 66.4 Å². The molecule has 6 heteroatoms. The van der Waals surface area contributed by atoms with E-state index in [2.05, 4.69) is 15.6 Å². The highest BCUT2D eigenvalue weighted by atomic mass is 16.5. The Labute approximate surface area is 156 Å². The number of methoxy groups -OCH3 is 1. The number of ether oxygens (including phenoxy) is 1. The third-order valence-corrected chi connectivity index (χ3v) is 3.86. The summed E-state index contributed by atoms with van der Waals surface area (Å²) >= 11 is 0. The van der Waals surface area contributed by atoms with E-state index in [1.165, 1.54) is 20.1 Å². The van der Waals surface area contributed by atoms with Gasteiger partial charge in [0.05, 0.1) is 18.3 Å². The highest BCUT2D eigenvalue weighted by molar-refractivity contribution is 6.04. The number of rotatable bonds is 5. The quantitative estimate of drug-likeness (QED) is 0.677. The first-order chi connectivity index (χ1) is 13.1. The van der Waals surface area contributed by atoms with Crippen molar-refractivity contribution in [3.8, 4) is 5.75 Å². The summed E-state index contributed by atoms with van der Waals surface area (Å²) < 4.78 is 5.27. The maximum absolute atomic E-state index is 12.4. The Hall–Kier alpha value is -3.67. The molecule has 0 aliphatic rings. The van der Waals surface area contributed by atoms with Crippen LogP contribution in [0.2, 0.25) is 0 Å².